The maximum atomic E-state index is 12.5. The average Bonchev–Trinajstić information content (AvgIpc) is 2.43. The van der Waals surface area contributed by atoms with E-state index >= 15 is 0 Å². The highest BCUT2D eigenvalue weighted by atomic mass is 35.5. The Morgan fingerprint density at radius 3 is 2.71 bits per heavy atom. The van der Waals surface area contributed by atoms with E-state index in [-0.39, 0.29) is 21.5 Å². The SMILES string of the molecule is COc1cc(C)c(N)cc1S(=O)(=O)Nc1cccnc1Cl. The van der Waals surface area contributed by atoms with Crippen LogP contribution in [0.1, 0.15) is 5.56 Å². The lowest BCUT2D eigenvalue weighted by Crippen LogP contribution is -2.15. The number of rotatable bonds is 4. The standard InChI is InChI=1S/C13H14ClN3O3S/c1-8-6-11(20-2)12(7-9(8)15)21(18,19)17-10-4-3-5-16-13(10)14/h3-7,17H,15H2,1-2H3. The Balaban J connectivity index is 2.50. The molecule has 2 aromatic rings. The topological polar surface area (TPSA) is 94.3 Å². The lowest BCUT2D eigenvalue weighted by atomic mass is 10.2. The van der Waals surface area contributed by atoms with E-state index in [1.165, 1.54) is 25.4 Å². The van der Waals surface area contributed by atoms with Gasteiger partial charge in [-0.2, -0.15) is 0 Å². The van der Waals surface area contributed by atoms with Crippen molar-refractivity contribution in [3.05, 3.63) is 41.2 Å². The summed E-state index contributed by atoms with van der Waals surface area (Å²) in [6.07, 6.45) is 1.46. The minimum atomic E-state index is -3.90. The molecule has 0 spiro atoms. The molecule has 0 aliphatic heterocycles. The van der Waals surface area contributed by atoms with Gasteiger partial charge in [-0.05, 0) is 36.8 Å². The average molecular weight is 328 g/mol. The number of methoxy groups -OCH3 is 1. The van der Waals surface area contributed by atoms with Gasteiger partial charge in [-0.15, -0.1) is 0 Å². The molecule has 1 aromatic carbocycles. The number of aromatic nitrogens is 1. The van der Waals surface area contributed by atoms with Gasteiger partial charge in [0, 0.05) is 11.9 Å². The lowest BCUT2D eigenvalue weighted by molar-refractivity contribution is 0.402. The third-order valence-electron chi connectivity index (χ3n) is 2.85. The van der Waals surface area contributed by atoms with Crippen LogP contribution < -0.4 is 15.2 Å². The van der Waals surface area contributed by atoms with E-state index in [1.54, 1.807) is 19.1 Å². The van der Waals surface area contributed by atoms with Gasteiger partial charge in [0.05, 0.1) is 12.8 Å². The summed E-state index contributed by atoms with van der Waals surface area (Å²) in [5.41, 5.74) is 7.04. The zero-order valence-electron chi connectivity index (χ0n) is 11.4. The van der Waals surface area contributed by atoms with Crippen LogP contribution in [0.25, 0.3) is 0 Å². The largest absolute Gasteiger partial charge is 0.495 e. The van der Waals surface area contributed by atoms with E-state index in [9.17, 15) is 8.42 Å². The number of hydrogen-bond donors (Lipinski definition) is 2. The number of nitrogens with two attached hydrogens (primary N) is 1. The molecular weight excluding hydrogens is 314 g/mol. The van der Waals surface area contributed by atoms with E-state index in [0.29, 0.717) is 5.69 Å². The molecule has 0 atom stereocenters. The summed E-state index contributed by atoms with van der Waals surface area (Å²) in [5, 5.41) is 0.0557. The number of ether oxygens (including phenoxy) is 1. The Hall–Kier alpha value is -1.99. The monoisotopic (exact) mass is 327 g/mol. The number of halogens is 1. The van der Waals surface area contributed by atoms with Crippen molar-refractivity contribution in [2.24, 2.45) is 0 Å². The van der Waals surface area contributed by atoms with Crippen LogP contribution >= 0.6 is 11.6 Å². The lowest BCUT2D eigenvalue weighted by Gasteiger charge is -2.14. The Kier molecular flexibility index (Phi) is 4.24. The van der Waals surface area contributed by atoms with Crippen molar-refractivity contribution in [2.45, 2.75) is 11.8 Å². The quantitative estimate of drug-likeness (QED) is 0.664. The molecule has 0 aliphatic rings. The molecule has 0 radical (unpaired) electrons. The molecule has 0 aliphatic carbocycles. The second-order valence-corrected chi connectivity index (χ2v) is 6.32. The highest BCUT2D eigenvalue weighted by Gasteiger charge is 2.22. The third-order valence-corrected chi connectivity index (χ3v) is 4.53. The fourth-order valence-electron chi connectivity index (χ4n) is 1.71. The molecule has 2 rings (SSSR count). The molecule has 1 aromatic heterocycles. The van der Waals surface area contributed by atoms with E-state index in [2.05, 4.69) is 9.71 Å². The Morgan fingerprint density at radius 1 is 1.38 bits per heavy atom. The minimum absolute atomic E-state index is 0.0557. The zero-order valence-corrected chi connectivity index (χ0v) is 13.0. The van der Waals surface area contributed by atoms with Crippen molar-refractivity contribution in [2.75, 3.05) is 17.6 Å². The number of nitrogen functional groups attached to an aromatic ring is 1. The molecule has 112 valence electrons. The van der Waals surface area contributed by atoms with Gasteiger partial charge in [-0.3, -0.25) is 4.72 Å². The summed E-state index contributed by atoms with van der Waals surface area (Å²) >= 11 is 5.85. The molecule has 0 saturated carbocycles. The number of hydrogen-bond acceptors (Lipinski definition) is 5. The van der Waals surface area contributed by atoms with Crippen LogP contribution in [0.3, 0.4) is 0 Å². The number of nitrogens with zero attached hydrogens (tertiary/aromatic N) is 1. The van der Waals surface area contributed by atoms with Gasteiger partial charge in [0.2, 0.25) is 0 Å². The summed E-state index contributed by atoms with van der Waals surface area (Å²) in [6, 6.07) is 6.00. The predicted molar refractivity (Wildman–Crippen MR) is 82.2 cm³/mol. The van der Waals surface area contributed by atoms with E-state index in [4.69, 9.17) is 22.1 Å². The first kappa shape index (κ1) is 15.4. The minimum Gasteiger partial charge on any atom is -0.495 e. The van der Waals surface area contributed by atoms with Crippen molar-refractivity contribution in [3.63, 3.8) is 0 Å². The molecule has 0 amide bonds. The molecule has 0 saturated heterocycles. The number of aryl methyl sites for hydroxylation is 1. The van der Waals surface area contributed by atoms with Gasteiger partial charge < -0.3 is 10.5 Å². The number of benzene rings is 1. The van der Waals surface area contributed by atoms with E-state index in [1.807, 2.05) is 0 Å². The second-order valence-electron chi connectivity index (χ2n) is 4.31. The number of anilines is 2. The summed E-state index contributed by atoms with van der Waals surface area (Å²) < 4.78 is 32.4. The number of pyridine rings is 1. The van der Waals surface area contributed by atoms with Crippen molar-refractivity contribution < 1.29 is 13.2 Å². The molecule has 3 N–H and O–H groups in total. The fourth-order valence-corrected chi connectivity index (χ4v) is 3.18. The van der Waals surface area contributed by atoms with Gasteiger partial charge >= 0.3 is 0 Å². The Morgan fingerprint density at radius 2 is 2.10 bits per heavy atom. The predicted octanol–water partition coefficient (Wildman–Crippen LogP) is 2.44. The molecule has 21 heavy (non-hydrogen) atoms. The summed E-state index contributed by atoms with van der Waals surface area (Å²) in [4.78, 5) is 3.75. The van der Waals surface area contributed by atoms with Crippen LogP contribution in [0.5, 0.6) is 5.75 Å². The normalized spacial score (nSPS) is 11.2. The van der Waals surface area contributed by atoms with Gasteiger partial charge in [0.1, 0.15) is 10.6 Å². The Labute approximate surface area is 128 Å². The highest BCUT2D eigenvalue weighted by Crippen LogP contribution is 2.31. The van der Waals surface area contributed by atoms with Crippen molar-refractivity contribution >= 4 is 33.0 Å². The molecule has 8 heteroatoms. The maximum absolute atomic E-state index is 12.5. The van der Waals surface area contributed by atoms with Crippen molar-refractivity contribution in [3.8, 4) is 5.75 Å². The van der Waals surface area contributed by atoms with Crippen LogP contribution in [-0.4, -0.2) is 20.5 Å². The Bertz CT molecular complexity index is 778. The van der Waals surface area contributed by atoms with Gasteiger partial charge in [-0.25, -0.2) is 13.4 Å². The zero-order chi connectivity index (χ0) is 15.6. The molecular formula is C13H14ClN3O3S. The van der Waals surface area contributed by atoms with Crippen LogP contribution in [0, 0.1) is 6.92 Å². The van der Waals surface area contributed by atoms with Crippen LogP contribution in [-0.2, 0) is 10.0 Å². The molecule has 0 bridgehead atoms. The van der Waals surface area contributed by atoms with Gasteiger partial charge in [0.15, 0.2) is 5.15 Å². The third kappa shape index (κ3) is 3.20. The van der Waals surface area contributed by atoms with Crippen LogP contribution in [0.4, 0.5) is 11.4 Å². The van der Waals surface area contributed by atoms with Gasteiger partial charge in [0.25, 0.3) is 10.0 Å². The first-order valence-corrected chi connectivity index (χ1v) is 7.78. The smallest absolute Gasteiger partial charge is 0.265 e. The second kappa shape index (κ2) is 5.79. The number of nitrogens with one attached hydrogen (secondary N) is 1. The summed E-state index contributed by atoms with van der Waals surface area (Å²) in [7, 11) is -2.51. The molecule has 0 unspecified atom stereocenters. The molecule has 6 nitrogen and oxygen atoms in total. The van der Waals surface area contributed by atoms with Gasteiger partial charge in [-0.1, -0.05) is 11.6 Å². The summed E-state index contributed by atoms with van der Waals surface area (Å²) in [6.45, 7) is 1.76. The van der Waals surface area contributed by atoms with Crippen LogP contribution in [0.15, 0.2) is 35.4 Å². The van der Waals surface area contributed by atoms with Crippen LogP contribution in [0.2, 0.25) is 5.15 Å². The van der Waals surface area contributed by atoms with E-state index < -0.39 is 10.0 Å². The fraction of sp³-hybridized carbons (Fsp3) is 0.154. The molecule has 1 heterocycles. The highest BCUT2D eigenvalue weighted by molar-refractivity contribution is 7.92. The summed E-state index contributed by atoms with van der Waals surface area (Å²) in [5.74, 6) is 0.203. The first-order valence-electron chi connectivity index (χ1n) is 5.92. The maximum Gasteiger partial charge on any atom is 0.265 e. The number of sulfonamides is 1. The first-order chi connectivity index (χ1) is 9.85. The van der Waals surface area contributed by atoms with Crippen molar-refractivity contribution in [1.29, 1.82) is 0 Å². The van der Waals surface area contributed by atoms with Crippen molar-refractivity contribution in [1.82, 2.24) is 4.98 Å². The van der Waals surface area contributed by atoms with E-state index in [0.717, 1.165) is 5.56 Å². The molecule has 0 fully saturated rings.